The molecule has 0 saturated heterocycles. The van der Waals surface area contributed by atoms with Crippen LogP contribution in [-0.2, 0) is 6.54 Å². The van der Waals surface area contributed by atoms with Crippen molar-refractivity contribution in [1.29, 1.82) is 0 Å². The van der Waals surface area contributed by atoms with Crippen molar-refractivity contribution in [2.75, 3.05) is 12.8 Å². The highest BCUT2D eigenvalue weighted by molar-refractivity contribution is 5.88. The molecule has 5 heteroatoms. The van der Waals surface area contributed by atoms with E-state index in [1.165, 1.54) is 13.2 Å². The first-order valence-corrected chi connectivity index (χ1v) is 6.83. The molecule has 3 N–H and O–H groups in total. The van der Waals surface area contributed by atoms with Crippen LogP contribution in [-0.4, -0.2) is 22.8 Å². The zero-order valence-electron chi connectivity index (χ0n) is 12.1. The maximum atomic E-state index is 11.0. The average molecular weight is 296 g/mol. The summed E-state index contributed by atoms with van der Waals surface area (Å²) in [6, 6.07) is 12.7. The van der Waals surface area contributed by atoms with Gasteiger partial charge < -0.3 is 20.1 Å². The SMILES string of the molecule is COc1cc(C(=O)O)ccc1Cn1ccc2ccc(N)cc21. The summed E-state index contributed by atoms with van der Waals surface area (Å²) in [5, 5.41) is 10.2. The van der Waals surface area contributed by atoms with E-state index in [9.17, 15) is 4.79 Å². The van der Waals surface area contributed by atoms with Crippen LogP contribution < -0.4 is 10.5 Å². The summed E-state index contributed by atoms with van der Waals surface area (Å²) in [7, 11) is 1.54. The van der Waals surface area contributed by atoms with E-state index in [1.807, 2.05) is 30.5 Å². The number of carbonyl (C=O) groups is 1. The Morgan fingerprint density at radius 1 is 1.23 bits per heavy atom. The smallest absolute Gasteiger partial charge is 0.335 e. The average Bonchev–Trinajstić information content (AvgIpc) is 2.89. The Balaban J connectivity index is 2.01. The molecule has 0 spiro atoms. The first-order chi connectivity index (χ1) is 10.6. The molecule has 0 aliphatic carbocycles. The highest BCUT2D eigenvalue weighted by Crippen LogP contribution is 2.25. The number of rotatable bonds is 4. The van der Waals surface area contributed by atoms with Crippen LogP contribution in [0.4, 0.5) is 5.69 Å². The number of aromatic carboxylic acids is 1. The molecule has 22 heavy (non-hydrogen) atoms. The molecule has 0 atom stereocenters. The lowest BCUT2D eigenvalue weighted by molar-refractivity contribution is 0.0696. The van der Waals surface area contributed by atoms with Crippen LogP contribution in [0.1, 0.15) is 15.9 Å². The number of nitrogens with two attached hydrogens (primary N) is 1. The molecule has 3 aromatic rings. The minimum Gasteiger partial charge on any atom is -0.496 e. The maximum absolute atomic E-state index is 11.0. The lowest BCUT2D eigenvalue weighted by Crippen LogP contribution is -2.03. The molecule has 0 unspecified atom stereocenters. The molecule has 5 nitrogen and oxygen atoms in total. The molecule has 3 rings (SSSR count). The molecule has 0 fully saturated rings. The number of aromatic nitrogens is 1. The zero-order valence-corrected chi connectivity index (χ0v) is 12.1. The fourth-order valence-corrected chi connectivity index (χ4v) is 2.53. The Bertz CT molecular complexity index is 852. The Morgan fingerprint density at radius 3 is 2.77 bits per heavy atom. The van der Waals surface area contributed by atoms with E-state index in [0.717, 1.165) is 16.5 Å². The molecular formula is C17H16N2O3. The van der Waals surface area contributed by atoms with E-state index >= 15 is 0 Å². The molecule has 0 bridgehead atoms. The van der Waals surface area contributed by atoms with Crippen molar-refractivity contribution >= 4 is 22.6 Å². The Hall–Kier alpha value is -2.95. The molecule has 0 aliphatic rings. The second-order valence-electron chi connectivity index (χ2n) is 5.09. The Labute approximate surface area is 127 Å². The second kappa shape index (κ2) is 5.44. The molecule has 0 radical (unpaired) electrons. The topological polar surface area (TPSA) is 77.5 Å². The minimum absolute atomic E-state index is 0.210. The van der Waals surface area contributed by atoms with Gasteiger partial charge in [-0.1, -0.05) is 12.1 Å². The van der Waals surface area contributed by atoms with Gasteiger partial charge in [0.15, 0.2) is 0 Å². The van der Waals surface area contributed by atoms with E-state index in [-0.39, 0.29) is 5.56 Å². The third kappa shape index (κ3) is 2.48. The van der Waals surface area contributed by atoms with Gasteiger partial charge in [0.05, 0.1) is 24.7 Å². The fraction of sp³-hybridized carbons (Fsp3) is 0.118. The van der Waals surface area contributed by atoms with E-state index in [4.69, 9.17) is 15.6 Å². The van der Waals surface area contributed by atoms with Gasteiger partial charge >= 0.3 is 5.97 Å². The lowest BCUT2D eigenvalue weighted by Gasteiger charge is -2.11. The summed E-state index contributed by atoms with van der Waals surface area (Å²) < 4.78 is 7.38. The van der Waals surface area contributed by atoms with Crippen molar-refractivity contribution in [1.82, 2.24) is 4.57 Å². The summed E-state index contributed by atoms with van der Waals surface area (Å²) in [5.74, 6) is -0.408. The molecule has 112 valence electrons. The van der Waals surface area contributed by atoms with E-state index < -0.39 is 5.97 Å². The predicted octanol–water partition coefficient (Wildman–Crippen LogP) is 2.98. The van der Waals surface area contributed by atoms with Gasteiger partial charge in [-0.3, -0.25) is 0 Å². The van der Waals surface area contributed by atoms with Crippen molar-refractivity contribution in [3.05, 3.63) is 59.8 Å². The summed E-state index contributed by atoms with van der Waals surface area (Å²) in [6.07, 6.45) is 1.98. The first-order valence-electron chi connectivity index (χ1n) is 6.83. The van der Waals surface area contributed by atoms with Crippen LogP contribution in [0, 0.1) is 0 Å². The van der Waals surface area contributed by atoms with Gasteiger partial charge in [-0.25, -0.2) is 4.79 Å². The highest BCUT2D eigenvalue weighted by atomic mass is 16.5. The molecule has 2 aromatic carbocycles. The van der Waals surface area contributed by atoms with Crippen LogP contribution >= 0.6 is 0 Å². The second-order valence-corrected chi connectivity index (χ2v) is 5.09. The van der Waals surface area contributed by atoms with Crippen LogP contribution in [0.3, 0.4) is 0 Å². The zero-order chi connectivity index (χ0) is 15.7. The largest absolute Gasteiger partial charge is 0.496 e. The standard InChI is InChI=1S/C17H16N2O3/c1-22-16-8-12(17(20)21)2-3-13(16)10-19-7-6-11-4-5-14(18)9-15(11)19/h2-9H,10,18H2,1H3,(H,20,21). The van der Waals surface area contributed by atoms with Gasteiger partial charge in [0, 0.05) is 17.4 Å². The van der Waals surface area contributed by atoms with Crippen molar-refractivity contribution in [3.8, 4) is 5.75 Å². The number of hydrogen-bond acceptors (Lipinski definition) is 3. The first kappa shape index (κ1) is 14.0. The van der Waals surface area contributed by atoms with Gasteiger partial charge in [-0.15, -0.1) is 0 Å². The summed E-state index contributed by atoms with van der Waals surface area (Å²) in [5.41, 5.74) is 8.71. The van der Waals surface area contributed by atoms with Gasteiger partial charge in [0.1, 0.15) is 5.75 Å². The summed E-state index contributed by atoms with van der Waals surface area (Å²) >= 11 is 0. The number of ether oxygens (including phenoxy) is 1. The molecule has 0 aliphatic heterocycles. The number of anilines is 1. The van der Waals surface area contributed by atoms with Crippen molar-refractivity contribution < 1.29 is 14.6 Å². The number of nitrogen functional groups attached to an aromatic ring is 1. The normalized spacial score (nSPS) is 10.8. The number of nitrogens with zero attached hydrogens (tertiary/aromatic N) is 1. The number of carboxylic acid groups (broad SMARTS) is 1. The highest BCUT2D eigenvalue weighted by Gasteiger charge is 2.10. The van der Waals surface area contributed by atoms with E-state index in [0.29, 0.717) is 18.0 Å². The lowest BCUT2D eigenvalue weighted by atomic mass is 10.1. The number of methoxy groups -OCH3 is 1. The Morgan fingerprint density at radius 2 is 2.05 bits per heavy atom. The van der Waals surface area contributed by atoms with E-state index in [1.54, 1.807) is 12.1 Å². The van der Waals surface area contributed by atoms with Crippen LogP contribution in [0.5, 0.6) is 5.75 Å². The van der Waals surface area contributed by atoms with Crippen molar-refractivity contribution in [2.24, 2.45) is 0 Å². The quantitative estimate of drug-likeness (QED) is 0.726. The van der Waals surface area contributed by atoms with E-state index in [2.05, 4.69) is 4.57 Å². The summed E-state index contributed by atoms with van der Waals surface area (Å²) in [6.45, 7) is 0.579. The van der Waals surface area contributed by atoms with Gasteiger partial charge in [0.25, 0.3) is 0 Å². The molecule has 0 saturated carbocycles. The number of carboxylic acids is 1. The van der Waals surface area contributed by atoms with Gasteiger partial charge in [0.2, 0.25) is 0 Å². The van der Waals surface area contributed by atoms with Crippen LogP contribution in [0.25, 0.3) is 10.9 Å². The molecular weight excluding hydrogens is 280 g/mol. The molecule has 0 amide bonds. The third-order valence-electron chi connectivity index (χ3n) is 3.67. The van der Waals surface area contributed by atoms with Crippen molar-refractivity contribution in [2.45, 2.75) is 6.54 Å². The number of fused-ring (bicyclic) bond motifs is 1. The molecule has 1 heterocycles. The van der Waals surface area contributed by atoms with Crippen molar-refractivity contribution in [3.63, 3.8) is 0 Å². The third-order valence-corrected chi connectivity index (χ3v) is 3.67. The monoisotopic (exact) mass is 296 g/mol. The van der Waals surface area contributed by atoms with Crippen LogP contribution in [0.15, 0.2) is 48.7 Å². The molecule has 1 aromatic heterocycles. The number of hydrogen-bond donors (Lipinski definition) is 2. The van der Waals surface area contributed by atoms with Crippen LogP contribution in [0.2, 0.25) is 0 Å². The fourth-order valence-electron chi connectivity index (χ4n) is 2.53. The minimum atomic E-state index is -0.968. The number of benzene rings is 2. The maximum Gasteiger partial charge on any atom is 0.335 e. The summed E-state index contributed by atoms with van der Waals surface area (Å²) in [4.78, 5) is 11.0. The van der Waals surface area contributed by atoms with Gasteiger partial charge in [-0.2, -0.15) is 0 Å². The predicted molar refractivity (Wildman–Crippen MR) is 85.4 cm³/mol. The Kier molecular flexibility index (Phi) is 3.47. The van der Waals surface area contributed by atoms with Gasteiger partial charge in [-0.05, 0) is 35.7 Å².